The number of carbonyl (C=O) groups excluding carboxylic acids is 5. The van der Waals surface area contributed by atoms with Crippen molar-refractivity contribution in [2.24, 2.45) is 0 Å². The molecule has 2 heterocycles. The minimum Gasteiger partial charge on any atom is -0.440 e. The van der Waals surface area contributed by atoms with E-state index in [0.717, 1.165) is 10.5 Å². The summed E-state index contributed by atoms with van der Waals surface area (Å²) in [7, 11) is 0. The Kier molecular flexibility index (Phi) is 6.81. The van der Waals surface area contributed by atoms with Gasteiger partial charge in [0.1, 0.15) is 0 Å². The largest absolute Gasteiger partial charge is 0.440 e. The van der Waals surface area contributed by atoms with Crippen molar-refractivity contribution in [3.63, 3.8) is 0 Å². The molecule has 2 saturated heterocycles. The Labute approximate surface area is 180 Å². The number of benzene rings is 1. The van der Waals surface area contributed by atoms with Crippen molar-refractivity contribution in [3.8, 4) is 0 Å². The molecule has 1 aromatic carbocycles. The van der Waals surface area contributed by atoms with Crippen molar-refractivity contribution in [2.45, 2.75) is 32.9 Å². The lowest BCUT2D eigenvalue weighted by Crippen LogP contribution is -2.62. The van der Waals surface area contributed by atoms with Crippen molar-refractivity contribution >= 4 is 29.6 Å². The summed E-state index contributed by atoms with van der Waals surface area (Å²) >= 11 is 0. The minimum absolute atomic E-state index is 0.0345. The van der Waals surface area contributed by atoms with Crippen LogP contribution < -0.4 is 5.32 Å². The van der Waals surface area contributed by atoms with Gasteiger partial charge < -0.3 is 4.74 Å². The Morgan fingerprint density at radius 2 is 1.52 bits per heavy atom. The summed E-state index contributed by atoms with van der Waals surface area (Å²) in [6.07, 6.45) is 0. The molecule has 2 unspecified atom stereocenters. The molecule has 3 rings (SSSR count). The number of carbonyl (C=O) groups is 5. The third kappa shape index (κ3) is 5.33. The highest BCUT2D eigenvalue weighted by molar-refractivity contribution is 6.00. The van der Waals surface area contributed by atoms with E-state index in [2.05, 4.69) is 5.32 Å². The summed E-state index contributed by atoms with van der Waals surface area (Å²) in [5.41, 5.74) is 1.24. The maximum absolute atomic E-state index is 12.6. The smallest absolute Gasteiger partial charge is 0.339 e. The van der Waals surface area contributed by atoms with Crippen LogP contribution in [0.4, 0.5) is 0 Å². The van der Waals surface area contributed by atoms with Gasteiger partial charge in [-0.25, -0.2) is 9.69 Å². The zero-order valence-electron chi connectivity index (χ0n) is 17.8. The second-order valence-corrected chi connectivity index (χ2v) is 7.91. The first-order valence-corrected chi connectivity index (χ1v) is 10.0. The number of hydrogen-bond acceptors (Lipinski definition) is 8. The SMILES string of the molecule is Cc1cccc(C(=O)OCN2C(=O)CN(C(C)C(C)N3CC(=O)NC(=O)C3)CC2=O)c1. The van der Waals surface area contributed by atoms with E-state index in [4.69, 9.17) is 4.74 Å². The molecule has 0 bridgehead atoms. The Balaban J connectivity index is 1.57. The van der Waals surface area contributed by atoms with Crippen molar-refractivity contribution in [1.29, 1.82) is 0 Å². The number of ether oxygens (including phenoxy) is 1. The molecule has 4 amide bonds. The number of nitrogens with zero attached hydrogens (tertiary/aromatic N) is 3. The maximum atomic E-state index is 12.6. The number of amides is 4. The van der Waals surface area contributed by atoms with E-state index >= 15 is 0 Å². The second-order valence-electron chi connectivity index (χ2n) is 7.91. The third-order valence-corrected chi connectivity index (χ3v) is 5.68. The van der Waals surface area contributed by atoms with Gasteiger partial charge in [-0.15, -0.1) is 0 Å². The summed E-state index contributed by atoms with van der Waals surface area (Å²) in [4.78, 5) is 65.0. The van der Waals surface area contributed by atoms with Crippen LogP contribution in [0.2, 0.25) is 0 Å². The van der Waals surface area contributed by atoms with Crippen LogP contribution >= 0.6 is 0 Å². The van der Waals surface area contributed by atoms with E-state index in [-0.39, 0.29) is 50.1 Å². The predicted octanol–water partition coefficient (Wildman–Crippen LogP) is -0.484. The van der Waals surface area contributed by atoms with Crippen LogP contribution in [0, 0.1) is 6.92 Å². The highest BCUT2D eigenvalue weighted by Gasteiger charge is 2.38. The molecule has 0 spiro atoms. The van der Waals surface area contributed by atoms with Gasteiger partial charge in [0.2, 0.25) is 23.6 Å². The topological polar surface area (TPSA) is 116 Å². The highest BCUT2D eigenvalue weighted by Crippen LogP contribution is 2.16. The van der Waals surface area contributed by atoms with Gasteiger partial charge >= 0.3 is 5.97 Å². The molecular formula is C21H26N4O6. The Bertz CT molecular complexity index is 883. The van der Waals surface area contributed by atoms with E-state index in [1.807, 2.05) is 26.8 Å². The van der Waals surface area contributed by atoms with E-state index in [1.165, 1.54) is 0 Å². The van der Waals surface area contributed by atoms with Gasteiger partial charge in [-0.2, -0.15) is 0 Å². The van der Waals surface area contributed by atoms with Gasteiger partial charge in [-0.3, -0.25) is 34.3 Å². The molecule has 0 saturated carbocycles. The van der Waals surface area contributed by atoms with E-state index in [0.29, 0.717) is 5.56 Å². The third-order valence-electron chi connectivity index (χ3n) is 5.68. The average molecular weight is 430 g/mol. The first-order valence-electron chi connectivity index (χ1n) is 10.0. The number of piperazine rings is 2. The molecule has 31 heavy (non-hydrogen) atoms. The van der Waals surface area contributed by atoms with Gasteiger partial charge in [-0.1, -0.05) is 17.7 Å². The van der Waals surface area contributed by atoms with Crippen LogP contribution in [0.25, 0.3) is 0 Å². The molecule has 10 nitrogen and oxygen atoms in total. The second kappa shape index (κ2) is 9.36. The summed E-state index contributed by atoms with van der Waals surface area (Å²) < 4.78 is 5.16. The Morgan fingerprint density at radius 1 is 0.968 bits per heavy atom. The molecule has 0 aliphatic carbocycles. The van der Waals surface area contributed by atoms with Crippen molar-refractivity contribution in [2.75, 3.05) is 32.9 Å². The average Bonchev–Trinajstić information content (AvgIpc) is 2.71. The number of esters is 1. The molecule has 2 aliphatic heterocycles. The van der Waals surface area contributed by atoms with Crippen molar-refractivity contribution in [1.82, 2.24) is 20.0 Å². The summed E-state index contributed by atoms with van der Waals surface area (Å²) in [5.74, 6) is -2.30. The number of imide groups is 2. The molecule has 0 radical (unpaired) electrons. The van der Waals surface area contributed by atoms with Crippen LogP contribution in [-0.4, -0.2) is 89.3 Å². The normalized spacial score (nSPS) is 20.4. The van der Waals surface area contributed by atoms with Gasteiger partial charge in [-0.05, 0) is 32.9 Å². The Morgan fingerprint density at radius 3 is 2.06 bits per heavy atom. The lowest BCUT2D eigenvalue weighted by atomic mass is 10.1. The van der Waals surface area contributed by atoms with Crippen LogP contribution in [0.3, 0.4) is 0 Å². The molecule has 166 valence electrons. The fourth-order valence-electron chi connectivity index (χ4n) is 3.68. The standard InChI is InChI=1S/C21H26N4O6/c1-13-5-4-6-16(7-13)21(30)31-12-25-19(28)10-24(11-20(25)29)15(3)14(2)23-8-17(26)22-18(27)9-23/h4-7,14-15H,8-12H2,1-3H3,(H,22,26,27). The molecule has 2 atom stereocenters. The Hall–Kier alpha value is -3.11. The molecule has 2 fully saturated rings. The van der Waals surface area contributed by atoms with Crippen molar-refractivity contribution < 1.29 is 28.7 Å². The van der Waals surface area contributed by atoms with Crippen LogP contribution in [0.5, 0.6) is 0 Å². The zero-order chi connectivity index (χ0) is 22.7. The van der Waals surface area contributed by atoms with Crippen LogP contribution in [0.1, 0.15) is 29.8 Å². The molecule has 1 aromatic rings. The zero-order valence-corrected chi connectivity index (χ0v) is 17.8. The van der Waals surface area contributed by atoms with E-state index in [9.17, 15) is 24.0 Å². The molecule has 1 N–H and O–H groups in total. The monoisotopic (exact) mass is 430 g/mol. The maximum Gasteiger partial charge on any atom is 0.339 e. The van der Waals surface area contributed by atoms with Gasteiger partial charge in [0, 0.05) is 12.1 Å². The molecule has 0 aromatic heterocycles. The number of aryl methyl sites for hydroxylation is 1. The quantitative estimate of drug-likeness (QED) is 0.475. The minimum atomic E-state index is -0.609. The number of nitrogens with one attached hydrogen (secondary N) is 1. The summed E-state index contributed by atoms with van der Waals surface area (Å²) in [6.45, 7) is 5.18. The predicted molar refractivity (Wildman–Crippen MR) is 109 cm³/mol. The number of hydrogen-bond donors (Lipinski definition) is 1. The van der Waals surface area contributed by atoms with Gasteiger partial charge in [0.25, 0.3) is 0 Å². The fourth-order valence-corrected chi connectivity index (χ4v) is 3.68. The first-order chi connectivity index (χ1) is 14.7. The van der Waals surface area contributed by atoms with Gasteiger partial charge in [0.15, 0.2) is 6.73 Å². The van der Waals surface area contributed by atoms with Crippen LogP contribution in [-0.2, 0) is 23.9 Å². The summed E-state index contributed by atoms with van der Waals surface area (Å²) in [5, 5.41) is 2.25. The van der Waals surface area contributed by atoms with E-state index < -0.39 is 24.5 Å². The highest BCUT2D eigenvalue weighted by atomic mass is 16.5. The van der Waals surface area contributed by atoms with Crippen molar-refractivity contribution in [3.05, 3.63) is 35.4 Å². The number of rotatable bonds is 6. The molecule has 2 aliphatic rings. The molecule has 10 heteroatoms. The van der Waals surface area contributed by atoms with Crippen LogP contribution in [0.15, 0.2) is 24.3 Å². The molecular weight excluding hydrogens is 404 g/mol. The van der Waals surface area contributed by atoms with Gasteiger partial charge in [0.05, 0.1) is 31.7 Å². The fraction of sp³-hybridized carbons (Fsp3) is 0.476. The summed E-state index contributed by atoms with van der Waals surface area (Å²) in [6, 6.07) is 6.34. The lowest BCUT2D eigenvalue weighted by molar-refractivity contribution is -0.158. The first kappa shape index (κ1) is 22.6. The lowest BCUT2D eigenvalue weighted by Gasteiger charge is -2.41. The van der Waals surface area contributed by atoms with E-state index in [1.54, 1.807) is 28.0 Å².